The Labute approximate surface area is 132 Å². The van der Waals surface area contributed by atoms with Crippen molar-refractivity contribution >= 4 is 11.8 Å². The SMILES string of the molecule is CC1(C)CC(C(N)=O)CCN(C(=O)CCc2ccccc2)C1. The summed E-state index contributed by atoms with van der Waals surface area (Å²) in [6, 6.07) is 10.1. The van der Waals surface area contributed by atoms with Crippen LogP contribution in [0.3, 0.4) is 0 Å². The molecule has 1 fully saturated rings. The first-order valence-electron chi connectivity index (χ1n) is 7.98. The quantitative estimate of drug-likeness (QED) is 0.928. The molecule has 0 aromatic heterocycles. The summed E-state index contributed by atoms with van der Waals surface area (Å²) in [4.78, 5) is 25.9. The third-order valence-electron chi connectivity index (χ3n) is 4.39. The number of carbonyl (C=O) groups excluding carboxylic acids is 2. The van der Waals surface area contributed by atoms with Crippen LogP contribution in [0.15, 0.2) is 30.3 Å². The molecule has 1 aromatic rings. The Morgan fingerprint density at radius 1 is 1.27 bits per heavy atom. The van der Waals surface area contributed by atoms with Gasteiger partial charge in [-0.15, -0.1) is 0 Å². The van der Waals surface area contributed by atoms with Crippen molar-refractivity contribution in [3.8, 4) is 0 Å². The molecule has 1 unspecified atom stereocenters. The van der Waals surface area contributed by atoms with Gasteiger partial charge in [0.15, 0.2) is 0 Å². The van der Waals surface area contributed by atoms with Crippen LogP contribution in [0, 0.1) is 11.3 Å². The highest BCUT2D eigenvalue weighted by Crippen LogP contribution is 2.32. The molecule has 0 radical (unpaired) electrons. The van der Waals surface area contributed by atoms with Crippen molar-refractivity contribution in [2.45, 2.75) is 39.5 Å². The van der Waals surface area contributed by atoms with Gasteiger partial charge in [0, 0.05) is 25.4 Å². The van der Waals surface area contributed by atoms with E-state index in [2.05, 4.69) is 13.8 Å². The molecule has 0 aliphatic carbocycles. The molecule has 1 atom stereocenters. The maximum atomic E-state index is 12.5. The van der Waals surface area contributed by atoms with Gasteiger partial charge in [0.2, 0.25) is 11.8 Å². The summed E-state index contributed by atoms with van der Waals surface area (Å²) >= 11 is 0. The van der Waals surface area contributed by atoms with Crippen LogP contribution in [0.2, 0.25) is 0 Å². The molecule has 2 rings (SSSR count). The van der Waals surface area contributed by atoms with E-state index in [9.17, 15) is 9.59 Å². The van der Waals surface area contributed by atoms with E-state index in [1.807, 2.05) is 35.2 Å². The molecule has 1 aliphatic rings. The van der Waals surface area contributed by atoms with Gasteiger partial charge in [-0.1, -0.05) is 44.2 Å². The molecule has 22 heavy (non-hydrogen) atoms. The minimum atomic E-state index is -0.244. The van der Waals surface area contributed by atoms with Crippen LogP contribution in [-0.4, -0.2) is 29.8 Å². The Bertz CT molecular complexity index is 525. The third-order valence-corrected chi connectivity index (χ3v) is 4.39. The molecular formula is C18H26N2O2. The number of rotatable bonds is 4. The van der Waals surface area contributed by atoms with E-state index < -0.39 is 0 Å². The molecule has 1 aromatic carbocycles. The van der Waals surface area contributed by atoms with Gasteiger partial charge in [0.05, 0.1) is 0 Å². The van der Waals surface area contributed by atoms with Gasteiger partial charge in [0.1, 0.15) is 0 Å². The van der Waals surface area contributed by atoms with Gasteiger partial charge in [-0.3, -0.25) is 9.59 Å². The zero-order valence-electron chi connectivity index (χ0n) is 13.5. The predicted molar refractivity (Wildman–Crippen MR) is 87.0 cm³/mol. The molecule has 1 aliphatic heterocycles. The monoisotopic (exact) mass is 302 g/mol. The van der Waals surface area contributed by atoms with Crippen molar-refractivity contribution in [2.75, 3.05) is 13.1 Å². The van der Waals surface area contributed by atoms with E-state index in [1.54, 1.807) is 0 Å². The van der Waals surface area contributed by atoms with Gasteiger partial charge in [0.25, 0.3) is 0 Å². The van der Waals surface area contributed by atoms with Gasteiger partial charge in [-0.2, -0.15) is 0 Å². The summed E-state index contributed by atoms with van der Waals surface area (Å²) in [5.74, 6) is -0.198. The topological polar surface area (TPSA) is 63.4 Å². The van der Waals surface area contributed by atoms with E-state index in [1.165, 1.54) is 5.56 Å². The molecule has 2 amide bonds. The minimum Gasteiger partial charge on any atom is -0.369 e. The maximum Gasteiger partial charge on any atom is 0.222 e. The number of hydrogen-bond donors (Lipinski definition) is 1. The Morgan fingerprint density at radius 2 is 1.95 bits per heavy atom. The maximum absolute atomic E-state index is 12.5. The number of aryl methyl sites for hydroxylation is 1. The lowest BCUT2D eigenvalue weighted by Gasteiger charge is -2.30. The van der Waals surface area contributed by atoms with E-state index in [-0.39, 0.29) is 23.1 Å². The Morgan fingerprint density at radius 3 is 2.59 bits per heavy atom. The largest absolute Gasteiger partial charge is 0.369 e. The molecule has 0 saturated carbocycles. The summed E-state index contributed by atoms with van der Waals surface area (Å²) in [7, 11) is 0. The summed E-state index contributed by atoms with van der Waals surface area (Å²) < 4.78 is 0. The highest BCUT2D eigenvalue weighted by molar-refractivity contribution is 5.78. The summed E-state index contributed by atoms with van der Waals surface area (Å²) in [5, 5.41) is 0. The average molecular weight is 302 g/mol. The fourth-order valence-corrected chi connectivity index (χ4v) is 3.25. The van der Waals surface area contributed by atoms with Crippen molar-refractivity contribution in [3.05, 3.63) is 35.9 Å². The summed E-state index contributed by atoms with van der Waals surface area (Å²) in [5.41, 5.74) is 6.58. The second kappa shape index (κ2) is 6.95. The summed E-state index contributed by atoms with van der Waals surface area (Å²) in [6.07, 6.45) is 2.71. The molecule has 1 heterocycles. The van der Waals surface area contributed by atoms with Crippen LogP contribution >= 0.6 is 0 Å². The van der Waals surface area contributed by atoms with Crippen LogP contribution in [0.4, 0.5) is 0 Å². The average Bonchev–Trinajstić information content (AvgIpc) is 2.64. The van der Waals surface area contributed by atoms with Gasteiger partial charge < -0.3 is 10.6 Å². The molecule has 4 nitrogen and oxygen atoms in total. The van der Waals surface area contributed by atoms with Crippen LogP contribution in [-0.2, 0) is 16.0 Å². The van der Waals surface area contributed by atoms with Gasteiger partial charge in [-0.25, -0.2) is 0 Å². The predicted octanol–water partition coefficient (Wildman–Crippen LogP) is 2.37. The highest BCUT2D eigenvalue weighted by atomic mass is 16.2. The van der Waals surface area contributed by atoms with Crippen molar-refractivity contribution < 1.29 is 9.59 Å². The molecule has 0 spiro atoms. The lowest BCUT2D eigenvalue weighted by atomic mass is 9.82. The molecule has 4 heteroatoms. The number of amides is 2. The van der Waals surface area contributed by atoms with Crippen molar-refractivity contribution in [1.82, 2.24) is 4.90 Å². The van der Waals surface area contributed by atoms with Crippen LogP contribution in [0.5, 0.6) is 0 Å². The molecular weight excluding hydrogens is 276 g/mol. The zero-order valence-corrected chi connectivity index (χ0v) is 13.5. The van der Waals surface area contributed by atoms with Gasteiger partial charge in [-0.05, 0) is 30.2 Å². The van der Waals surface area contributed by atoms with Crippen LogP contribution < -0.4 is 5.73 Å². The number of carbonyl (C=O) groups is 2. The van der Waals surface area contributed by atoms with E-state index in [4.69, 9.17) is 5.73 Å². The lowest BCUT2D eigenvalue weighted by molar-refractivity contribution is -0.132. The zero-order chi connectivity index (χ0) is 16.2. The number of primary amides is 1. The second-order valence-electron chi connectivity index (χ2n) is 7.06. The van der Waals surface area contributed by atoms with E-state index in [0.717, 1.165) is 12.8 Å². The molecule has 120 valence electrons. The lowest BCUT2D eigenvalue weighted by Crippen LogP contribution is -2.37. The Kier molecular flexibility index (Phi) is 5.22. The Balaban J connectivity index is 1.95. The van der Waals surface area contributed by atoms with Crippen molar-refractivity contribution in [2.24, 2.45) is 17.1 Å². The number of likely N-dealkylation sites (tertiary alicyclic amines) is 1. The third kappa shape index (κ3) is 4.58. The first kappa shape index (κ1) is 16.5. The second-order valence-corrected chi connectivity index (χ2v) is 7.06. The number of benzene rings is 1. The smallest absolute Gasteiger partial charge is 0.222 e. The fourth-order valence-electron chi connectivity index (χ4n) is 3.25. The highest BCUT2D eigenvalue weighted by Gasteiger charge is 2.33. The van der Waals surface area contributed by atoms with E-state index >= 15 is 0 Å². The number of nitrogens with zero attached hydrogens (tertiary/aromatic N) is 1. The van der Waals surface area contributed by atoms with Crippen molar-refractivity contribution in [1.29, 1.82) is 0 Å². The fraction of sp³-hybridized carbons (Fsp3) is 0.556. The first-order valence-corrected chi connectivity index (χ1v) is 7.98. The molecule has 1 saturated heterocycles. The number of nitrogens with two attached hydrogens (primary N) is 1. The van der Waals surface area contributed by atoms with Crippen molar-refractivity contribution in [3.63, 3.8) is 0 Å². The molecule has 0 bridgehead atoms. The normalized spacial score (nSPS) is 21.2. The standard InChI is InChI=1S/C18H26N2O2/c1-18(2)12-15(17(19)22)10-11-20(13-18)16(21)9-8-14-6-4-3-5-7-14/h3-7,15H,8-13H2,1-2H3,(H2,19,22). The summed E-state index contributed by atoms with van der Waals surface area (Å²) in [6.45, 7) is 5.53. The molecule has 2 N–H and O–H groups in total. The Hall–Kier alpha value is -1.84. The van der Waals surface area contributed by atoms with Gasteiger partial charge >= 0.3 is 0 Å². The van der Waals surface area contributed by atoms with Crippen LogP contribution in [0.1, 0.15) is 38.7 Å². The van der Waals surface area contributed by atoms with Crippen LogP contribution in [0.25, 0.3) is 0 Å². The first-order chi connectivity index (χ1) is 10.4. The number of hydrogen-bond acceptors (Lipinski definition) is 2. The van der Waals surface area contributed by atoms with E-state index in [0.29, 0.717) is 25.9 Å². The minimum absolute atomic E-state index is 0.0708.